The number of benzene rings is 1. The van der Waals surface area contributed by atoms with E-state index < -0.39 is 24.0 Å². The van der Waals surface area contributed by atoms with Crippen molar-refractivity contribution < 1.29 is 19.1 Å². The highest BCUT2D eigenvalue weighted by Gasteiger charge is 2.23. The number of thiophene rings is 1. The standard InChI is InChI=1S/C20H19N3O4S/c1-3-21-20(26)23-18(24)12(2)27-19(25)14-11-16(17-9-6-10-28-17)22-15-8-5-4-7-13(14)15/h4-12H,3H2,1-2H3,(H2,21,23,24,26)/t12-/m0/s1. The van der Waals surface area contributed by atoms with Gasteiger partial charge in [0, 0.05) is 11.9 Å². The maximum Gasteiger partial charge on any atom is 0.339 e. The van der Waals surface area contributed by atoms with Crippen LogP contribution in [-0.2, 0) is 9.53 Å². The van der Waals surface area contributed by atoms with Gasteiger partial charge in [-0.1, -0.05) is 24.3 Å². The number of aromatic nitrogens is 1. The van der Waals surface area contributed by atoms with E-state index in [2.05, 4.69) is 15.6 Å². The van der Waals surface area contributed by atoms with Gasteiger partial charge in [0.25, 0.3) is 5.91 Å². The number of pyridine rings is 1. The van der Waals surface area contributed by atoms with Gasteiger partial charge in [0.1, 0.15) is 0 Å². The van der Waals surface area contributed by atoms with Gasteiger partial charge in [-0.25, -0.2) is 14.6 Å². The maximum absolute atomic E-state index is 12.8. The van der Waals surface area contributed by atoms with Crippen molar-refractivity contribution in [2.45, 2.75) is 20.0 Å². The smallest absolute Gasteiger partial charge is 0.339 e. The van der Waals surface area contributed by atoms with E-state index in [1.165, 1.54) is 18.3 Å². The van der Waals surface area contributed by atoms with E-state index in [-0.39, 0.29) is 0 Å². The number of fused-ring (bicyclic) bond motifs is 1. The van der Waals surface area contributed by atoms with Crippen molar-refractivity contribution in [3.8, 4) is 10.6 Å². The lowest BCUT2D eigenvalue weighted by atomic mass is 10.1. The normalized spacial score (nSPS) is 11.6. The first-order valence-corrected chi connectivity index (χ1v) is 9.61. The second-order valence-electron chi connectivity index (χ2n) is 5.95. The van der Waals surface area contributed by atoms with Gasteiger partial charge in [-0.2, -0.15) is 0 Å². The molecule has 0 bridgehead atoms. The van der Waals surface area contributed by atoms with Gasteiger partial charge in [0.15, 0.2) is 6.10 Å². The van der Waals surface area contributed by atoms with Crippen molar-refractivity contribution in [3.05, 3.63) is 53.4 Å². The van der Waals surface area contributed by atoms with Gasteiger partial charge in [0.05, 0.1) is 21.7 Å². The zero-order valence-electron chi connectivity index (χ0n) is 15.4. The van der Waals surface area contributed by atoms with Crippen LogP contribution in [0, 0.1) is 0 Å². The molecule has 3 rings (SSSR count). The zero-order chi connectivity index (χ0) is 20.1. The molecule has 1 atom stereocenters. The molecule has 0 radical (unpaired) electrons. The molecule has 0 fully saturated rings. The Morgan fingerprint density at radius 2 is 1.96 bits per heavy atom. The lowest BCUT2D eigenvalue weighted by Gasteiger charge is -2.14. The van der Waals surface area contributed by atoms with Gasteiger partial charge < -0.3 is 10.1 Å². The minimum atomic E-state index is -1.13. The molecule has 0 aliphatic rings. The fraction of sp³-hybridized carbons (Fsp3) is 0.200. The summed E-state index contributed by atoms with van der Waals surface area (Å²) >= 11 is 1.51. The number of urea groups is 1. The highest BCUT2D eigenvalue weighted by molar-refractivity contribution is 7.13. The number of esters is 1. The Morgan fingerprint density at radius 3 is 2.68 bits per heavy atom. The Morgan fingerprint density at radius 1 is 1.18 bits per heavy atom. The van der Waals surface area contributed by atoms with Crippen molar-refractivity contribution >= 4 is 40.1 Å². The molecule has 0 saturated heterocycles. The van der Waals surface area contributed by atoms with Crippen LogP contribution in [0.3, 0.4) is 0 Å². The zero-order valence-corrected chi connectivity index (χ0v) is 16.2. The van der Waals surface area contributed by atoms with Gasteiger partial charge in [-0.3, -0.25) is 10.1 Å². The van der Waals surface area contributed by atoms with E-state index in [1.807, 2.05) is 29.6 Å². The predicted molar refractivity (Wildman–Crippen MR) is 107 cm³/mol. The third kappa shape index (κ3) is 4.34. The Kier molecular flexibility index (Phi) is 6.00. The number of rotatable bonds is 5. The molecule has 0 aliphatic carbocycles. The number of para-hydroxylation sites is 1. The monoisotopic (exact) mass is 397 g/mol. The lowest BCUT2D eigenvalue weighted by molar-refractivity contribution is -0.127. The van der Waals surface area contributed by atoms with Crippen LogP contribution in [-0.4, -0.2) is 35.5 Å². The number of imide groups is 1. The van der Waals surface area contributed by atoms with Gasteiger partial charge in [0.2, 0.25) is 0 Å². The van der Waals surface area contributed by atoms with Crippen LogP contribution in [0.4, 0.5) is 4.79 Å². The van der Waals surface area contributed by atoms with Crippen molar-refractivity contribution in [2.24, 2.45) is 0 Å². The topological polar surface area (TPSA) is 97.4 Å². The summed E-state index contributed by atoms with van der Waals surface area (Å²) in [6, 6.07) is 12.1. The van der Waals surface area contributed by atoms with Gasteiger partial charge in [-0.15, -0.1) is 11.3 Å². The van der Waals surface area contributed by atoms with E-state index in [9.17, 15) is 14.4 Å². The number of nitrogens with zero attached hydrogens (tertiary/aromatic N) is 1. The van der Waals surface area contributed by atoms with Crippen LogP contribution in [0.15, 0.2) is 47.8 Å². The van der Waals surface area contributed by atoms with E-state index in [4.69, 9.17) is 4.74 Å². The quantitative estimate of drug-likeness (QED) is 0.644. The van der Waals surface area contributed by atoms with Crippen molar-refractivity contribution in [3.63, 3.8) is 0 Å². The van der Waals surface area contributed by atoms with Crippen LogP contribution in [0.5, 0.6) is 0 Å². The van der Waals surface area contributed by atoms with Crippen LogP contribution in [0.2, 0.25) is 0 Å². The van der Waals surface area contributed by atoms with E-state index in [0.717, 1.165) is 4.88 Å². The first-order valence-electron chi connectivity index (χ1n) is 8.73. The summed E-state index contributed by atoms with van der Waals surface area (Å²) in [7, 11) is 0. The van der Waals surface area contributed by atoms with Gasteiger partial charge in [-0.05, 0) is 37.4 Å². The molecule has 2 aromatic heterocycles. The molecule has 0 unspecified atom stereocenters. The highest BCUT2D eigenvalue weighted by atomic mass is 32.1. The van der Waals surface area contributed by atoms with Gasteiger partial charge >= 0.3 is 12.0 Å². The Labute approximate surface area is 165 Å². The summed E-state index contributed by atoms with van der Waals surface area (Å²) in [6.07, 6.45) is -1.13. The van der Waals surface area contributed by atoms with E-state index in [1.54, 1.807) is 25.1 Å². The predicted octanol–water partition coefficient (Wildman–Crippen LogP) is 3.35. The minimum Gasteiger partial charge on any atom is -0.449 e. The van der Waals surface area contributed by atoms with E-state index >= 15 is 0 Å². The summed E-state index contributed by atoms with van der Waals surface area (Å²) in [4.78, 5) is 41.8. The summed E-state index contributed by atoms with van der Waals surface area (Å²) in [6.45, 7) is 3.52. The van der Waals surface area contributed by atoms with Crippen LogP contribution in [0.25, 0.3) is 21.5 Å². The molecule has 7 nitrogen and oxygen atoms in total. The number of carbonyl (C=O) groups is 3. The molecule has 144 valence electrons. The van der Waals surface area contributed by atoms with Crippen molar-refractivity contribution in [2.75, 3.05) is 6.54 Å². The summed E-state index contributed by atoms with van der Waals surface area (Å²) in [5.41, 5.74) is 1.62. The fourth-order valence-corrected chi connectivity index (χ4v) is 3.28. The molecule has 1 aromatic carbocycles. The molecule has 0 saturated carbocycles. The molecule has 3 aromatic rings. The molecule has 8 heteroatoms. The average molecular weight is 397 g/mol. The first-order chi connectivity index (χ1) is 13.5. The first kappa shape index (κ1) is 19.5. The Bertz CT molecular complexity index is 1020. The molecular formula is C20H19N3O4S. The number of ether oxygens (including phenoxy) is 1. The maximum atomic E-state index is 12.8. The summed E-state index contributed by atoms with van der Waals surface area (Å²) in [5.74, 6) is -1.36. The molecule has 2 N–H and O–H groups in total. The number of hydrogen-bond donors (Lipinski definition) is 2. The number of carbonyl (C=O) groups excluding carboxylic acids is 3. The molecule has 2 heterocycles. The number of nitrogens with one attached hydrogen (secondary N) is 2. The summed E-state index contributed by atoms with van der Waals surface area (Å²) < 4.78 is 5.30. The third-order valence-electron chi connectivity index (χ3n) is 3.94. The summed E-state index contributed by atoms with van der Waals surface area (Å²) in [5, 5.41) is 7.13. The van der Waals surface area contributed by atoms with Crippen LogP contribution in [0.1, 0.15) is 24.2 Å². The minimum absolute atomic E-state index is 0.312. The Hall–Kier alpha value is -3.26. The molecule has 0 spiro atoms. The van der Waals surface area contributed by atoms with Crippen LogP contribution >= 0.6 is 11.3 Å². The second-order valence-corrected chi connectivity index (χ2v) is 6.89. The largest absolute Gasteiger partial charge is 0.449 e. The third-order valence-corrected chi connectivity index (χ3v) is 4.83. The molecular weight excluding hydrogens is 378 g/mol. The average Bonchev–Trinajstić information content (AvgIpc) is 3.22. The highest BCUT2D eigenvalue weighted by Crippen LogP contribution is 2.28. The van der Waals surface area contributed by atoms with Crippen LogP contribution < -0.4 is 10.6 Å². The number of amides is 3. The molecule has 0 aliphatic heterocycles. The second kappa shape index (κ2) is 8.62. The van der Waals surface area contributed by atoms with Crippen molar-refractivity contribution in [1.82, 2.24) is 15.6 Å². The SMILES string of the molecule is CCNC(=O)NC(=O)[C@H](C)OC(=O)c1cc(-c2cccs2)nc2ccccc12. The Balaban J connectivity index is 1.86. The van der Waals surface area contributed by atoms with Crippen molar-refractivity contribution in [1.29, 1.82) is 0 Å². The fourth-order valence-electron chi connectivity index (χ4n) is 2.59. The molecule has 3 amide bonds. The lowest BCUT2D eigenvalue weighted by Crippen LogP contribution is -2.44. The number of hydrogen-bond acceptors (Lipinski definition) is 6. The van der Waals surface area contributed by atoms with E-state index in [0.29, 0.717) is 28.7 Å². The molecule has 28 heavy (non-hydrogen) atoms.